The van der Waals surface area contributed by atoms with Gasteiger partial charge in [0.05, 0.1) is 13.2 Å². The first-order chi connectivity index (χ1) is 11.3. The van der Waals surface area contributed by atoms with Gasteiger partial charge in [0.2, 0.25) is 0 Å². The van der Waals surface area contributed by atoms with E-state index < -0.39 is 5.60 Å². The van der Waals surface area contributed by atoms with Gasteiger partial charge in [-0.3, -0.25) is 0 Å². The zero-order chi connectivity index (χ0) is 17.7. The fourth-order valence-corrected chi connectivity index (χ4v) is 2.73. The Morgan fingerprint density at radius 1 is 1.17 bits per heavy atom. The maximum atomic E-state index is 12.1. The molecule has 0 N–H and O–H groups in total. The van der Waals surface area contributed by atoms with Crippen molar-refractivity contribution in [2.75, 3.05) is 7.11 Å². The Morgan fingerprint density at radius 2 is 1.83 bits per heavy atom. The summed E-state index contributed by atoms with van der Waals surface area (Å²) >= 11 is 0. The molecule has 1 aliphatic rings. The molecule has 4 nitrogen and oxygen atoms in total. The topological polar surface area (TPSA) is 44.8 Å². The van der Waals surface area contributed by atoms with Crippen LogP contribution < -0.4 is 9.47 Å². The lowest BCUT2D eigenvalue weighted by molar-refractivity contribution is -0.149. The van der Waals surface area contributed by atoms with Gasteiger partial charge in [0.25, 0.3) is 0 Å². The van der Waals surface area contributed by atoms with E-state index in [2.05, 4.69) is 0 Å². The largest absolute Gasteiger partial charge is 0.493 e. The van der Waals surface area contributed by atoms with Crippen LogP contribution >= 0.6 is 0 Å². The first kappa shape index (κ1) is 18.4. The van der Waals surface area contributed by atoms with Crippen LogP contribution in [0.3, 0.4) is 0 Å². The predicted octanol–water partition coefficient (Wildman–Crippen LogP) is 4.76. The molecule has 1 saturated carbocycles. The lowest BCUT2D eigenvalue weighted by Gasteiger charge is -2.19. The highest BCUT2D eigenvalue weighted by atomic mass is 16.6. The molecule has 1 aliphatic carbocycles. The van der Waals surface area contributed by atoms with Crippen LogP contribution in [-0.4, -0.2) is 24.8 Å². The zero-order valence-electron chi connectivity index (χ0n) is 15.3. The van der Waals surface area contributed by atoms with Gasteiger partial charge in [-0.15, -0.1) is 0 Å². The summed E-state index contributed by atoms with van der Waals surface area (Å²) in [6.07, 6.45) is 6.66. The minimum atomic E-state index is -0.497. The van der Waals surface area contributed by atoms with E-state index in [0.717, 1.165) is 24.2 Å². The lowest BCUT2D eigenvalue weighted by atomic mass is 10.1. The van der Waals surface area contributed by atoms with Crippen molar-refractivity contribution in [3.8, 4) is 11.5 Å². The van der Waals surface area contributed by atoms with Crippen molar-refractivity contribution in [2.24, 2.45) is 0 Å². The Balaban J connectivity index is 2.17. The second-order valence-corrected chi connectivity index (χ2v) is 7.26. The van der Waals surface area contributed by atoms with Gasteiger partial charge in [0.15, 0.2) is 11.5 Å². The van der Waals surface area contributed by atoms with Gasteiger partial charge in [-0.05, 0) is 77.2 Å². The number of carbonyl (C=O) groups is 1. The molecule has 0 aliphatic heterocycles. The van der Waals surface area contributed by atoms with Crippen LogP contribution in [0.2, 0.25) is 0 Å². The number of hydrogen-bond acceptors (Lipinski definition) is 4. The standard InChI is InChI=1S/C20H28O4/c1-14(19(21)24-20(2,3)4)12-15-10-11-17(22-5)18(13-15)23-16-8-6-7-9-16/h10-13,16H,6-9H2,1-5H3. The van der Waals surface area contributed by atoms with Gasteiger partial charge < -0.3 is 14.2 Å². The van der Waals surface area contributed by atoms with Gasteiger partial charge in [0, 0.05) is 5.57 Å². The summed E-state index contributed by atoms with van der Waals surface area (Å²) in [6.45, 7) is 7.34. The molecule has 0 bridgehead atoms. The average molecular weight is 332 g/mol. The smallest absolute Gasteiger partial charge is 0.334 e. The van der Waals surface area contributed by atoms with Crippen LogP contribution in [0.1, 0.15) is 58.9 Å². The van der Waals surface area contributed by atoms with Crippen LogP contribution in [0.15, 0.2) is 23.8 Å². The second-order valence-electron chi connectivity index (χ2n) is 7.26. The maximum Gasteiger partial charge on any atom is 0.334 e. The van der Waals surface area contributed by atoms with E-state index in [1.165, 1.54) is 12.8 Å². The maximum absolute atomic E-state index is 12.1. The van der Waals surface area contributed by atoms with Gasteiger partial charge in [-0.2, -0.15) is 0 Å². The third-order valence-electron chi connectivity index (χ3n) is 3.89. The molecule has 0 atom stereocenters. The number of ether oxygens (including phenoxy) is 3. The van der Waals surface area contributed by atoms with Gasteiger partial charge in [-0.1, -0.05) is 6.07 Å². The van der Waals surface area contributed by atoms with Gasteiger partial charge in [-0.25, -0.2) is 4.79 Å². The van der Waals surface area contributed by atoms with Crippen LogP contribution in [0, 0.1) is 0 Å². The summed E-state index contributed by atoms with van der Waals surface area (Å²) < 4.78 is 16.9. The monoisotopic (exact) mass is 332 g/mol. The Labute approximate surface area is 144 Å². The summed E-state index contributed by atoms with van der Waals surface area (Å²) in [4.78, 5) is 12.1. The number of benzene rings is 1. The predicted molar refractivity (Wildman–Crippen MR) is 95.4 cm³/mol. The molecule has 0 spiro atoms. The van der Waals surface area contributed by atoms with E-state index in [0.29, 0.717) is 11.3 Å². The van der Waals surface area contributed by atoms with Crippen LogP contribution in [0.5, 0.6) is 11.5 Å². The number of hydrogen-bond donors (Lipinski definition) is 0. The lowest BCUT2D eigenvalue weighted by Crippen LogP contribution is -2.24. The minimum Gasteiger partial charge on any atom is -0.493 e. The van der Waals surface area contributed by atoms with E-state index in [4.69, 9.17) is 14.2 Å². The number of rotatable bonds is 5. The summed E-state index contributed by atoms with van der Waals surface area (Å²) in [5, 5.41) is 0. The number of carbonyl (C=O) groups excluding carboxylic acids is 1. The Bertz CT molecular complexity index is 605. The van der Waals surface area contributed by atoms with Crippen LogP contribution in [0.4, 0.5) is 0 Å². The van der Waals surface area contributed by atoms with Crippen molar-refractivity contribution in [1.82, 2.24) is 0 Å². The highest BCUT2D eigenvalue weighted by Crippen LogP contribution is 2.33. The van der Waals surface area contributed by atoms with Crippen molar-refractivity contribution in [1.29, 1.82) is 0 Å². The molecule has 0 aromatic heterocycles. The van der Waals surface area contributed by atoms with E-state index in [9.17, 15) is 4.79 Å². The molecule has 0 amide bonds. The Hall–Kier alpha value is -1.97. The highest BCUT2D eigenvalue weighted by molar-refractivity contribution is 5.93. The van der Waals surface area contributed by atoms with E-state index in [1.807, 2.05) is 45.0 Å². The molecule has 132 valence electrons. The molecule has 0 unspecified atom stereocenters. The number of esters is 1. The molecule has 24 heavy (non-hydrogen) atoms. The zero-order valence-corrected chi connectivity index (χ0v) is 15.3. The van der Waals surface area contributed by atoms with Crippen molar-refractivity contribution >= 4 is 12.0 Å². The molecule has 0 saturated heterocycles. The van der Waals surface area contributed by atoms with Crippen molar-refractivity contribution in [3.05, 3.63) is 29.3 Å². The summed E-state index contributed by atoms with van der Waals surface area (Å²) in [6, 6.07) is 5.71. The molecule has 0 radical (unpaired) electrons. The van der Waals surface area contributed by atoms with Crippen LogP contribution in [-0.2, 0) is 9.53 Å². The fraction of sp³-hybridized carbons (Fsp3) is 0.550. The molecule has 1 aromatic carbocycles. The SMILES string of the molecule is COc1ccc(C=C(C)C(=O)OC(C)(C)C)cc1OC1CCCC1. The second kappa shape index (κ2) is 7.73. The quantitative estimate of drug-likeness (QED) is 0.576. The first-order valence-electron chi connectivity index (χ1n) is 8.55. The molecule has 1 fully saturated rings. The molecular weight excluding hydrogens is 304 g/mol. The minimum absolute atomic E-state index is 0.255. The van der Waals surface area contributed by atoms with Gasteiger partial charge >= 0.3 is 5.97 Å². The summed E-state index contributed by atoms with van der Waals surface area (Å²) in [5.74, 6) is 1.14. The van der Waals surface area contributed by atoms with E-state index >= 15 is 0 Å². The van der Waals surface area contributed by atoms with Gasteiger partial charge in [0.1, 0.15) is 5.60 Å². The molecule has 0 heterocycles. The van der Waals surface area contributed by atoms with Crippen LogP contribution in [0.25, 0.3) is 6.08 Å². The van der Waals surface area contributed by atoms with E-state index in [-0.39, 0.29) is 12.1 Å². The molecular formula is C20H28O4. The van der Waals surface area contributed by atoms with E-state index in [1.54, 1.807) is 14.0 Å². The highest BCUT2D eigenvalue weighted by Gasteiger charge is 2.19. The summed E-state index contributed by atoms with van der Waals surface area (Å²) in [5.41, 5.74) is 0.956. The third-order valence-corrected chi connectivity index (χ3v) is 3.89. The Morgan fingerprint density at radius 3 is 2.42 bits per heavy atom. The van der Waals surface area contributed by atoms with Crippen molar-refractivity contribution < 1.29 is 19.0 Å². The third kappa shape index (κ3) is 5.29. The Kier molecular flexibility index (Phi) is 5.92. The summed E-state index contributed by atoms with van der Waals surface area (Å²) in [7, 11) is 1.64. The number of methoxy groups -OCH3 is 1. The van der Waals surface area contributed by atoms with Crippen molar-refractivity contribution in [2.45, 2.75) is 65.1 Å². The molecule has 2 rings (SSSR count). The normalized spacial score (nSPS) is 16.1. The molecule has 1 aromatic rings. The van der Waals surface area contributed by atoms with Crippen molar-refractivity contribution in [3.63, 3.8) is 0 Å². The average Bonchev–Trinajstić information content (AvgIpc) is 2.99. The molecule has 4 heteroatoms. The fourth-order valence-electron chi connectivity index (χ4n) is 2.73. The first-order valence-corrected chi connectivity index (χ1v) is 8.55.